The van der Waals surface area contributed by atoms with Crippen molar-refractivity contribution in [1.29, 1.82) is 0 Å². The average molecular weight is 438 g/mol. The van der Waals surface area contributed by atoms with E-state index in [2.05, 4.69) is 44.1 Å². The van der Waals surface area contributed by atoms with Gasteiger partial charge in [-0.2, -0.15) is 0 Å². The third-order valence-electron chi connectivity index (χ3n) is 3.03. The molecule has 0 aromatic heterocycles. The molecule has 0 aliphatic carbocycles. The van der Waals surface area contributed by atoms with Crippen LogP contribution in [0.1, 0.15) is 24.9 Å². The van der Waals surface area contributed by atoms with E-state index < -0.39 is 0 Å². The second-order valence-corrected chi connectivity index (χ2v) is 6.92. The van der Waals surface area contributed by atoms with Crippen LogP contribution in [0.4, 0.5) is 5.69 Å². The standard InChI is InChI=1S/C15H13Br2Cl2N/c1-2-14(10-7-6-9(18)8-13(10)19)20-15-11(16)4-3-5-12(15)17/h3-8,14,20H,2H2,1H3. The lowest BCUT2D eigenvalue weighted by Gasteiger charge is -2.22. The van der Waals surface area contributed by atoms with Gasteiger partial charge in [-0.25, -0.2) is 0 Å². The zero-order valence-corrected chi connectivity index (χ0v) is 15.4. The Morgan fingerprint density at radius 2 is 1.75 bits per heavy atom. The van der Waals surface area contributed by atoms with Gasteiger partial charge in [0, 0.05) is 19.0 Å². The van der Waals surface area contributed by atoms with Crippen molar-refractivity contribution in [3.05, 3.63) is 61.0 Å². The number of hydrogen-bond acceptors (Lipinski definition) is 1. The minimum absolute atomic E-state index is 0.120. The second kappa shape index (κ2) is 7.17. The van der Waals surface area contributed by atoms with Crippen molar-refractivity contribution in [2.75, 3.05) is 5.32 Å². The molecular formula is C15H13Br2Cl2N. The van der Waals surface area contributed by atoms with E-state index in [0.29, 0.717) is 10.0 Å². The van der Waals surface area contributed by atoms with E-state index >= 15 is 0 Å². The highest BCUT2D eigenvalue weighted by Gasteiger charge is 2.15. The van der Waals surface area contributed by atoms with Gasteiger partial charge in [-0.1, -0.05) is 42.3 Å². The molecule has 0 fully saturated rings. The lowest BCUT2D eigenvalue weighted by Crippen LogP contribution is -2.11. The molecule has 0 saturated carbocycles. The molecule has 0 saturated heterocycles. The Bertz CT molecular complexity index is 597. The number of benzene rings is 2. The first-order valence-electron chi connectivity index (χ1n) is 6.18. The van der Waals surface area contributed by atoms with Gasteiger partial charge in [-0.05, 0) is 68.1 Å². The number of nitrogens with one attached hydrogen (secondary N) is 1. The van der Waals surface area contributed by atoms with E-state index in [9.17, 15) is 0 Å². The van der Waals surface area contributed by atoms with Crippen LogP contribution in [0.25, 0.3) is 0 Å². The molecule has 1 unspecified atom stereocenters. The molecule has 5 heteroatoms. The summed E-state index contributed by atoms with van der Waals surface area (Å²) in [6.45, 7) is 2.12. The van der Waals surface area contributed by atoms with Crippen molar-refractivity contribution in [3.8, 4) is 0 Å². The van der Waals surface area contributed by atoms with Gasteiger partial charge in [0.05, 0.1) is 11.7 Å². The number of halogens is 4. The third-order valence-corrected chi connectivity index (χ3v) is 4.91. The summed E-state index contributed by atoms with van der Waals surface area (Å²) in [6, 6.07) is 11.7. The number of rotatable bonds is 4. The quantitative estimate of drug-likeness (QED) is 0.538. The maximum absolute atomic E-state index is 6.30. The minimum atomic E-state index is 0.120. The first kappa shape index (κ1) is 16.2. The van der Waals surface area contributed by atoms with Crippen molar-refractivity contribution < 1.29 is 0 Å². The summed E-state index contributed by atoms with van der Waals surface area (Å²) in [6.07, 6.45) is 0.912. The molecule has 0 bridgehead atoms. The van der Waals surface area contributed by atoms with E-state index in [1.807, 2.05) is 30.3 Å². The summed E-state index contributed by atoms with van der Waals surface area (Å²) in [5, 5.41) is 4.85. The SMILES string of the molecule is CCC(Nc1c(Br)cccc1Br)c1ccc(Cl)cc1Cl. The van der Waals surface area contributed by atoms with Crippen LogP contribution in [0.2, 0.25) is 10.0 Å². The second-order valence-electron chi connectivity index (χ2n) is 4.37. The first-order chi connectivity index (χ1) is 9.52. The van der Waals surface area contributed by atoms with Crippen molar-refractivity contribution in [2.24, 2.45) is 0 Å². The molecule has 1 nitrogen and oxygen atoms in total. The Kier molecular flexibility index (Phi) is 5.79. The molecule has 20 heavy (non-hydrogen) atoms. The zero-order chi connectivity index (χ0) is 14.7. The molecule has 2 rings (SSSR count). The normalized spacial score (nSPS) is 12.2. The van der Waals surface area contributed by atoms with E-state index in [1.165, 1.54) is 0 Å². The van der Waals surface area contributed by atoms with Gasteiger partial charge in [0.25, 0.3) is 0 Å². The molecule has 1 N–H and O–H groups in total. The molecule has 2 aromatic carbocycles. The fourth-order valence-corrected chi connectivity index (χ4v) is 3.76. The zero-order valence-electron chi connectivity index (χ0n) is 10.8. The summed E-state index contributed by atoms with van der Waals surface area (Å²) in [7, 11) is 0. The van der Waals surface area contributed by atoms with Crippen LogP contribution in [0.3, 0.4) is 0 Å². The highest BCUT2D eigenvalue weighted by atomic mass is 79.9. The largest absolute Gasteiger partial charge is 0.376 e. The Morgan fingerprint density at radius 3 is 2.30 bits per heavy atom. The van der Waals surface area contributed by atoms with Gasteiger partial charge >= 0.3 is 0 Å². The predicted molar refractivity (Wildman–Crippen MR) is 95.0 cm³/mol. The first-order valence-corrected chi connectivity index (χ1v) is 8.52. The van der Waals surface area contributed by atoms with Crippen molar-refractivity contribution in [3.63, 3.8) is 0 Å². The van der Waals surface area contributed by atoms with Crippen molar-refractivity contribution in [2.45, 2.75) is 19.4 Å². The van der Waals surface area contributed by atoms with Crippen LogP contribution in [0, 0.1) is 0 Å². The Labute approximate surface area is 145 Å². The Hall–Kier alpha value is -0.220. The van der Waals surface area contributed by atoms with Gasteiger partial charge in [-0.15, -0.1) is 0 Å². The highest BCUT2D eigenvalue weighted by molar-refractivity contribution is 9.11. The molecule has 0 aliphatic rings. The molecule has 0 aliphatic heterocycles. The van der Waals surface area contributed by atoms with Gasteiger partial charge in [0.2, 0.25) is 0 Å². The van der Waals surface area contributed by atoms with Crippen molar-refractivity contribution >= 4 is 60.7 Å². The van der Waals surface area contributed by atoms with E-state index in [-0.39, 0.29) is 6.04 Å². The maximum Gasteiger partial charge on any atom is 0.0633 e. The molecule has 0 spiro atoms. The molecule has 0 heterocycles. The van der Waals surface area contributed by atoms with Crippen LogP contribution in [-0.2, 0) is 0 Å². The minimum Gasteiger partial charge on any atom is -0.376 e. The summed E-state index contributed by atoms with van der Waals surface area (Å²) < 4.78 is 2.02. The molecule has 2 aromatic rings. The summed E-state index contributed by atoms with van der Waals surface area (Å²) in [5.41, 5.74) is 2.06. The predicted octanol–water partition coefficient (Wildman–Crippen LogP) is 7.08. The molecule has 106 valence electrons. The number of anilines is 1. The van der Waals surface area contributed by atoms with Crippen LogP contribution in [-0.4, -0.2) is 0 Å². The number of hydrogen-bond donors (Lipinski definition) is 1. The fraction of sp³-hybridized carbons (Fsp3) is 0.200. The number of para-hydroxylation sites is 1. The molecule has 0 amide bonds. The Morgan fingerprint density at radius 1 is 1.10 bits per heavy atom. The lowest BCUT2D eigenvalue weighted by molar-refractivity contribution is 0.748. The van der Waals surface area contributed by atoms with Crippen LogP contribution >= 0.6 is 55.1 Å². The summed E-state index contributed by atoms with van der Waals surface area (Å²) in [5.74, 6) is 0. The van der Waals surface area contributed by atoms with E-state index in [4.69, 9.17) is 23.2 Å². The Balaban J connectivity index is 2.34. The molecule has 1 atom stereocenters. The monoisotopic (exact) mass is 435 g/mol. The van der Waals surface area contributed by atoms with Gasteiger partial charge in [0.1, 0.15) is 0 Å². The molecular weight excluding hydrogens is 425 g/mol. The summed E-state index contributed by atoms with van der Waals surface area (Å²) in [4.78, 5) is 0. The van der Waals surface area contributed by atoms with Gasteiger partial charge < -0.3 is 5.32 Å². The topological polar surface area (TPSA) is 12.0 Å². The lowest BCUT2D eigenvalue weighted by atomic mass is 10.0. The average Bonchev–Trinajstić information content (AvgIpc) is 2.40. The third kappa shape index (κ3) is 3.70. The molecule has 0 radical (unpaired) electrons. The van der Waals surface area contributed by atoms with Crippen LogP contribution in [0.15, 0.2) is 45.3 Å². The van der Waals surface area contributed by atoms with Crippen LogP contribution < -0.4 is 5.32 Å². The van der Waals surface area contributed by atoms with E-state index in [0.717, 1.165) is 26.6 Å². The van der Waals surface area contributed by atoms with Gasteiger partial charge in [-0.3, -0.25) is 0 Å². The van der Waals surface area contributed by atoms with E-state index in [1.54, 1.807) is 6.07 Å². The summed E-state index contributed by atoms with van der Waals surface area (Å²) >= 11 is 19.4. The van der Waals surface area contributed by atoms with Crippen LogP contribution in [0.5, 0.6) is 0 Å². The fourth-order valence-electron chi connectivity index (χ4n) is 1.99. The maximum atomic E-state index is 6.30. The van der Waals surface area contributed by atoms with Gasteiger partial charge in [0.15, 0.2) is 0 Å². The van der Waals surface area contributed by atoms with Crippen molar-refractivity contribution in [1.82, 2.24) is 0 Å². The smallest absolute Gasteiger partial charge is 0.0633 e. The highest BCUT2D eigenvalue weighted by Crippen LogP contribution is 2.36.